The van der Waals surface area contributed by atoms with Crippen molar-refractivity contribution in [3.8, 4) is 17.2 Å². The summed E-state index contributed by atoms with van der Waals surface area (Å²) in [6, 6.07) is 9.66. The van der Waals surface area contributed by atoms with Crippen molar-refractivity contribution in [1.82, 2.24) is 0 Å². The molecule has 0 radical (unpaired) electrons. The highest BCUT2D eigenvalue weighted by molar-refractivity contribution is 6.13. The third-order valence-corrected chi connectivity index (χ3v) is 3.68. The summed E-state index contributed by atoms with van der Waals surface area (Å²) in [5, 5.41) is 0. The van der Waals surface area contributed by atoms with E-state index in [9.17, 15) is 22.4 Å². The van der Waals surface area contributed by atoms with Gasteiger partial charge in [0.2, 0.25) is 5.90 Å². The molecule has 6 nitrogen and oxygen atoms in total. The van der Waals surface area contributed by atoms with Crippen molar-refractivity contribution < 1.29 is 41.3 Å². The second-order valence-corrected chi connectivity index (χ2v) is 5.50. The van der Waals surface area contributed by atoms with E-state index in [4.69, 9.17) is 9.47 Å². The van der Waals surface area contributed by atoms with E-state index in [1.54, 1.807) is 0 Å². The van der Waals surface area contributed by atoms with E-state index in [2.05, 4.69) is 14.5 Å². The topological polar surface area (TPSA) is 66.3 Å². The highest BCUT2D eigenvalue weighted by Gasteiger charge is 2.25. The second-order valence-electron chi connectivity index (χ2n) is 5.50. The summed E-state index contributed by atoms with van der Waals surface area (Å²) in [6.07, 6.45) is 1.21. The molecule has 0 unspecified atom stereocenters. The van der Waals surface area contributed by atoms with Gasteiger partial charge >= 0.3 is 19.2 Å². The molecule has 3 rings (SSSR count). The lowest BCUT2D eigenvalue weighted by Gasteiger charge is -2.12. The molecule has 0 saturated heterocycles. The van der Waals surface area contributed by atoms with Crippen LogP contribution >= 0.6 is 0 Å². The summed E-state index contributed by atoms with van der Waals surface area (Å²) in [6.45, 7) is -6.07. The predicted molar refractivity (Wildman–Crippen MR) is 93.3 cm³/mol. The Morgan fingerprint density at radius 2 is 1.69 bits per heavy atom. The van der Waals surface area contributed by atoms with Crippen molar-refractivity contribution in [3.05, 3.63) is 59.3 Å². The summed E-state index contributed by atoms with van der Waals surface area (Å²) in [5.74, 6) is -1.19. The number of alkyl halides is 4. The van der Waals surface area contributed by atoms with Crippen LogP contribution in [-0.4, -0.2) is 32.2 Å². The minimum absolute atomic E-state index is 0.0461. The first-order valence-corrected chi connectivity index (χ1v) is 8.07. The minimum Gasteiger partial charge on any atom is -0.493 e. The number of esters is 1. The molecular weight excluding hydrogens is 398 g/mol. The molecule has 1 aliphatic heterocycles. The molecule has 1 aliphatic rings. The van der Waals surface area contributed by atoms with E-state index in [0.29, 0.717) is 5.56 Å². The molecule has 0 bridgehead atoms. The number of ether oxygens (including phenoxy) is 4. The lowest BCUT2D eigenvalue weighted by Crippen LogP contribution is -2.06. The molecule has 0 amide bonds. The van der Waals surface area contributed by atoms with Gasteiger partial charge in [-0.3, -0.25) is 0 Å². The maximum absolute atomic E-state index is 12.7. The molecule has 2 aromatic carbocycles. The van der Waals surface area contributed by atoms with Crippen LogP contribution in [-0.2, 0) is 9.53 Å². The molecule has 0 spiro atoms. The van der Waals surface area contributed by atoms with Gasteiger partial charge in [0.1, 0.15) is 5.75 Å². The van der Waals surface area contributed by atoms with Crippen molar-refractivity contribution in [2.75, 3.05) is 7.11 Å². The molecule has 29 heavy (non-hydrogen) atoms. The Morgan fingerprint density at radius 1 is 1.00 bits per heavy atom. The van der Waals surface area contributed by atoms with Gasteiger partial charge in [-0.15, -0.1) is 0 Å². The number of carbonyl (C=O) groups excluding carboxylic acids is 1. The number of hydrogen-bond donors (Lipinski definition) is 0. The number of rotatable bonds is 7. The van der Waals surface area contributed by atoms with E-state index in [1.165, 1.54) is 55.7 Å². The second kappa shape index (κ2) is 8.63. The van der Waals surface area contributed by atoms with Crippen molar-refractivity contribution in [3.63, 3.8) is 0 Å². The fourth-order valence-electron chi connectivity index (χ4n) is 2.48. The van der Waals surface area contributed by atoms with E-state index in [1.807, 2.05) is 0 Å². The monoisotopic (exact) mass is 411 g/mol. The largest absolute Gasteiger partial charge is 0.493 e. The smallest absolute Gasteiger partial charge is 0.387 e. The number of cyclic esters (lactones) is 1. The SMILES string of the molecule is COc1cccc(/C=C2/N=C(c3ccc(OC(F)F)cc3)OC2=O)c1OC(F)F. The van der Waals surface area contributed by atoms with E-state index in [0.717, 1.165) is 0 Å². The van der Waals surface area contributed by atoms with Gasteiger partial charge in [-0.05, 0) is 36.4 Å². The van der Waals surface area contributed by atoms with Crippen LogP contribution in [0, 0.1) is 0 Å². The lowest BCUT2D eigenvalue weighted by molar-refractivity contribution is -0.129. The molecule has 152 valence electrons. The molecule has 0 atom stereocenters. The first-order chi connectivity index (χ1) is 13.9. The summed E-state index contributed by atoms with van der Waals surface area (Å²) < 4.78 is 68.7. The van der Waals surface area contributed by atoms with Gasteiger partial charge in [-0.25, -0.2) is 9.79 Å². The molecule has 0 aromatic heterocycles. The first kappa shape index (κ1) is 20.2. The van der Waals surface area contributed by atoms with Crippen LogP contribution in [0.4, 0.5) is 17.6 Å². The number of nitrogens with zero attached hydrogens (tertiary/aromatic N) is 1. The fourth-order valence-corrected chi connectivity index (χ4v) is 2.48. The fraction of sp³-hybridized carbons (Fsp3) is 0.158. The molecular formula is C19H13F4NO5. The number of methoxy groups -OCH3 is 1. The van der Waals surface area contributed by atoms with Gasteiger partial charge in [0.25, 0.3) is 0 Å². The molecule has 0 N–H and O–H groups in total. The minimum atomic E-state index is -3.10. The normalized spacial score (nSPS) is 14.9. The standard InChI is InChI=1S/C19H13F4NO5/c1-26-14-4-2-3-11(15(14)28-19(22)23)9-13-17(25)29-16(24-13)10-5-7-12(8-6-10)27-18(20)21/h2-9,18-19H,1H3/b13-9+. The van der Waals surface area contributed by atoms with E-state index < -0.39 is 19.2 Å². The molecule has 10 heteroatoms. The van der Waals surface area contributed by atoms with Crippen LogP contribution in [0.25, 0.3) is 6.08 Å². The zero-order valence-electron chi connectivity index (χ0n) is 14.8. The highest BCUT2D eigenvalue weighted by atomic mass is 19.3. The number of benzene rings is 2. The van der Waals surface area contributed by atoms with Crippen LogP contribution in [0.5, 0.6) is 17.2 Å². The Morgan fingerprint density at radius 3 is 2.31 bits per heavy atom. The van der Waals surface area contributed by atoms with Crippen LogP contribution in [0.1, 0.15) is 11.1 Å². The van der Waals surface area contributed by atoms with Crippen LogP contribution in [0.3, 0.4) is 0 Å². The third-order valence-electron chi connectivity index (χ3n) is 3.68. The predicted octanol–water partition coefficient (Wildman–Crippen LogP) is 4.24. The summed E-state index contributed by atoms with van der Waals surface area (Å²) >= 11 is 0. The maximum Gasteiger partial charge on any atom is 0.387 e. The van der Waals surface area contributed by atoms with Gasteiger partial charge < -0.3 is 18.9 Å². The molecule has 0 aliphatic carbocycles. The Labute approximate surface area is 162 Å². The number of carbonyl (C=O) groups is 1. The highest BCUT2D eigenvalue weighted by Crippen LogP contribution is 2.34. The third kappa shape index (κ3) is 4.84. The molecule has 2 aromatic rings. The lowest BCUT2D eigenvalue weighted by atomic mass is 10.1. The Balaban J connectivity index is 1.91. The van der Waals surface area contributed by atoms with Crippen molar-refractivity contribution >= 4 is 17.9 Å². The summed E-state index contributed by atoms with van der Waals surface area (Å²) in [7, 11) is 1.28. The molecule has 0 fully saturated rings. The summed E-state index contributed by atoms with van der Waals surface area (Å²) in [4.78, 5) is 16.1. The van der Waals surface area contributed by atoms with Crippen molar-refractivity contribution in [2.45, 2.75) is 13.2 Å². The number of aliphatic imine (C=N–C) groups is 1. The zero-order chi connectivity index (χ0) is 21.0. The van der Waals surface area contributed by atoms with Crippen molar-refractivity contribution in [1.29, 1.82) is 0 Å². The Bertz CT molecular complexity index is 958. The van der Waals surface area contributed by atoms with Crippen LogP contribution < -0.4 is 14.2 Å². The van der Waals surface area contributed by atoms with Crippen LogP contribution in [0.2, 0.25) is 0 Å². The van der Waals surface area contributed by atoms with Gasteiger partial charge in [-0.2, -0.15) is 17.6 Å². The number of hydrogen-bond acceptors (Lipinski definition) is 6. The van der Waals surface area contributed by atoms with Crippen molar-refractivity contribution in [2.24, 2.45) is 4.99 Å². The van der Waals surface area contributed by atoms with Gasteiger partial charge in [0.05, 0.1) is 7.11 Å². The van der Waals surface area contributed by atoms with Gasteiger partial charge in [0.15, 0.2) is 17.2 Å². The maximum atomic E-state index is 12.7. The zero-order valence-corrected chi connectivity index (χ0v) is 14.8. The summed E-state index contributed by atoms with van der Waals surface area (Å²) in [5.41, 5.74) is 0.292. The van der Waals surface area contributed by atoms with Gasteiger partial charge in [0, 0.05) is 11.1 Å². The van der Waals surface area contributed by atoms with Crippen LogP contribution in [0.15, 0.2) is 53.2 Å². The first-order valence-electron chi connectivity index (χ1n) is 8.07. The quantitative estimate of drug-likeness (QED) is 0.387. The average molecular weight is 411 g/mol. The van der Waals surface area contributed by atoms with E-state index >= 15 is 0 Å². The number of halogens is 4. The van der Waals surface area contributed by atoms with Gasteiger partial charge in [-0.1, -0.05) is 12.1 Å². The number of para-hydroxylation sites is 1. The molecule has 1 heterocycles. The molecule has 0 saturated carbocycles. The Hall–Kier alpha value is -3.56. The average Bonchev–Trinajstić information content (AvgIpc) is 3.03. The van der Waals surface area contributed by atoms with E-state index in [-0.39, 0.29) is 34.4 Å². The Kier molecular flexibility index (Phi) is 6.01.